The van der Waals surface area contributed by atoms with Crippen LogP contribution < -0.4 is 10.6 Å². The standard InChI is InChI=1S/C24H38N4O8/c1-12-10-13-17(29)32-14(11-25)24(13,16-15(12)33-23(8,9)34-16)28-18(26-19(30)35-21(2,3)4)27-20(31)36-22(5,6)7/h12-17,29H,10H2,1-9H3,(H2,26,27,28,30,31)/t12-,13-,14-,15-,16-,17?,24+/m1/s1. The van der Waals surface area contributed by atoms with Gasteiger partial charge >= 0.3 is 12.2 Å². The molecule has 36 heavy (non-hydrogen) atoms. The molecule has 0 spiro atoms. The number of nitrogens with zero attached hydrogens (tertiary/aromatic N) is 2. The van der Waals surface area contributed by atoms with Crippen molar-refractivity contribution in [1.82, 2.24) is 10.6 Å². The number of nitriles is 1. The predicted molar refractivity (Wildman–Crippen MR) is 126 cm³/mol. The molecule has 1 aliphatic carbocycles. The highest BCUT2D eigenvalue weighted by atomic mass is 16.8. The van der Waals surface area contributed by atoms with Crippen molar-refractivity contribution in [3.63, 3.8) is 0 Å². The van der Waals surface area contributed by atoms with Crippen LogP contribution in [0.15, 0.2) is 4.99 Å². The van der Waals surface area contributed by atoms with E-state index >= 15 is 0 Å². The quantitative estimate of drug-likeness (QED) is 0.356. The predicted octanol–water partition coefficient (Wildman–Crippen LogP) is 2.55. The molecule has 3 fully saturated rings. The number of ether oxygens (including phenoxy) is 5. The van der Waals surface area contributed by atoms with E-state index in [-0.39, 0.29) is 11.9 Å². The van der Waals surface area contributed by atoms with Crippen LogP contribution >= 0.6 is 0 Å². The number of guanidine groups is 1. The van der Waals surface area contributed by atoms with Gasteiger partial charge in [-0.25, -0.2) is 14.6 Å². The number of hydrogen-bond acceptors (Lipinski definition) is 10. The molecule has 12 nitrogen and oxygen atoms in total. The number of alkyl carbamates (subject to hydrolysis) is 2. The Morgan fingerprint density at radius 2 is 1.58 bits per heavy atom. The van der Waals surface area contributed by atoms with Crippen LogP contribution in [0.4, 0.5) is 9.59 Å². The van der Waals surface area contributed by atoms with Gasteiger partial charge in [-0.15, -0.1) is 0 Å². The molecule has 0 bridgehead atoms. The van der Waals surface area contributed by atoms with Crippen molar-refractivity contribution in [2.24, 2.45) is 16.8 Å². The lowest BCUT2D eigenvalue weighted by atomic mass is 9.65. The average molecular weight is 511 g/mol. The number of amides is 2. The second-order valence-corrected chi connectivity index (χ2v) is 12.0. The second-order valence-electron chi connectivity index (χ2n) is 12.0. The summed E-state index contributed by atoms with van der Waals surface area (Å²) in [5.74, 6) is -2.07. The van der Waals surface area contributed by atoms with E-state index in [4.69, 9.17) is 28.7 Å². The zero-order chi connectivity index (χ0) is 27.3. The zero-order valence-electron chi connectivity index (χ0n) is 22.4. The topological polar surface area (TPSA) is 161 Å². The molecule has 0 aromatic rings. The molecule has 1 saturated carbocycles. The lowest BCUT2D eigenvalue weighted by molar-refractivity contribution is -0.153. The summed E-state index contributed by atoms with van der Waals surface area (Å²) in [4.78, 5) is 30.0. The molecular weight excluding hydrogens is 472 g/mol. The van der Waals surface area contributed by atoms with Gasteiger partial charge in [-0.05, 0) is 67.7 Å². The maximum Gasteiger partial charge on any atom is 0.414 e. The number of rotatable bonds is 1. The van der Waals surface area contributed by atoms with E-state index in [1.807, 2.05) is 6.92 Å². The maximum atomic E-state index is 12.7. The highest BCUT2D eigenvalue weighted by Crippen LogP contribution is 2.55. The number of nitrogens with one attached hydrogen (secondary N) is 2. The summed E-state index contributed by atoms with van der Waals surface area (Å²) in [6.45, 7) is 15.6. The van der Waals surface area contributed by atoms with E-state index in [1.54, 1.807) is 55.4 Å². The Balaban J connectivity index is 2.10. The minimum Gasteiger partial charge on any atom is -0.444 e. The summed E-state index contributed by atoms with van der Waals surface area (Å²) in [5, 5.41) is 25.7. The fourth-order valence-corrected chi connectivity index (χ4v) is 4.95. The molecule has 7 atom stereocenters. The molecule has 3 aliphatic rings. The molecule has 1 unspecified atom stereocenters. The van der Waals surface area contributed by atoms with E-state index in [0.717, 1.165) is 0 Å². The first kappa shape index (κ1) is 28.1. The fraction of sp³-hybridized carbons (Fsp3) is 0.833. The van der Waals surface area contributed by atoms with Gasteiger partial charge in [0, 0.05) is 5.92 Å². The Morgan fingerprint density at radius 3 is 2.06 bits per heavy atom. The van der Waals surface area contributed by atoms with Crippen LogP contribution in [-0.2, 0) is 23.7 Å². The third-order valence-corrected chi connectivity index (χ3v) is 6.07. The molecule has 202 valence electrons. The van der Waals surface area contributed by atoms with Crippen molar-refractivity contribution >= 4 is 18.1 Å². The van der Waals surface area contributed by atoms with Crippen molar-refractivity contribution < 1.29 is 38.4 Å². The van der Waals surface area contributed by atoms with Crippen molar-refractivity contribution in [3.05, 3.63) is 0 Å². The molecule has 2 amide bonds. The van der Waals surface area contributed by atoms with Gasteiger partial charge in [-0.1, -0.05) is 6.92 Å². The summed E-state index contributed by atoms with van der Waals surface area (Å²) >= 11 is 0. The van der Waals surface area contributed by atoms with E-state index < -0.39 is 65.2 Å². The fourth-order valence-electron chi connectivity index (χ4n) is 4.95. The molecule has 3 N–H and O–H groups in total. The molecule has 0 aromatic heterocycles. The number of aliphatic hydroxyl groups is 1. The van der Waals surface area contributed by atoms with Gasteiger partial charge < -0.3 is 28.8 Å². The van der Waals surface area contributed by atoms with Crippen LogP contribution in [-0.4, -0.2) is 70.4 Å². The average Bonchev–Trinajstić information content (AvgIpc) is 3.13. The number of hydrogen-bond donors (Lipinski definition) is 3. The van der Waals surface area contributed by atoms with Gasteiger partial charge in [0.1, 0.15) is 22.8 Å². The summed E-state index contributed by atoms with van der Waals surface area (Å²) in [6, 6.07) is 2.06. The van der Waals surface area contributed by atoms with Crippen molar-refractivity contribution in [2.75, 3.05) is 0 Å². The highest BCUT2D eigenvalue weighted by molar-refractivity contribution is 6.01. The monoisotopic (exact) mass is 510 g/mol. The van der Waals surface area contributed by atoms with Gasteiger partial charge in [0.15, 0.2) is 18.2 Å². The molecule has 0 aromatic carbocycles. The highest BCUT2D eigenvalue weighted by Gasteiger charge is 2.70. The summed E-state index contributed by atoms with van der Waals surface area (Å²) in [6.07, 6.45) is -5.25. The molecule has 3 rings (SSSR count). The minimum absolute atomic E-state index is 0.0538. The molecule has 2 saturated heterocycles. The van der Waals surface area contributed by atoms with Crippen molar-refractivity contribution in [1.29, 1.82) is 5.26 Å². The number of aliphatic imine (C=N–C) groups is 1. The Bertz CT molecular complexity index is 915. The summed E-state index contributed by atoms with van der Waals surface area (Å²) in [7, 11) is 0. The van der Waals surface area contributed by atoms with Crippen LogP contribution in [0.25, 0.3) is 0 Å². The molecular formula is C24H38N4O8. The smallest absolute Gasteiger partial charge is 0.414 e. The molecule has 0 radical (unpaired) electrons. The Hall–Kier alpha value is -2.46. The first-order valence-electron chi connectivity index (χ1n) is 12.1. The van der Waals surface area contributed by atoms with Crippen LogP contribution in [0.3, 0.4) is 0 Å². The number of carbonyl (C=O) groups is 2. The third-order valence-electron chi connectivity index (χ3n) is 6.07. The molecule has 2 heterocycles. The first-order chi connectivity index (χ1) is 16.4. The van der Waals surface area contributed by atoms with Gasteiger partial charge in [-0.2, -0.15) is 5.26 Å². The lowest BCUT2D eigenvalue weighted by Gasteiger charge is -2.45. The lowest BCUT2D eigenvalue weighted by Crippen LogP contribution is -2.63. The normalized spacial score (nSPS) is 35.0. The molecule has 2 aliphatic heterocycles. The third kappa shape index (κ3) is 5.91. The first-order valence-corrected chi connectivity index (χ1v) is 12.1. The van der Waals surface area contributed by atoms with Crippen LogP contribution in [0.5, 0.6) is 0 Å². The van der Waals surface area contributed by atoms with E-state index in [0.29, 0.717) is 6.42 Å². The van der Waals surface area contributed by atoms with Crippen LogP contribution in [0.2, 0.25) is 0 Å². The van der Waals surface area contributed by atoms with Crippen LogP contribution in [0, 0.1) is 23.2 Å². The van der Waals surface area contributed by atoms with Gasteiger partial charge in [-0.3, -0.25) is 10.6 Å². The number of carbonyl (C=O) groups excluding carboxylic acids is 2. The second kappa shape index (κ2) is 9.45. The van der Waals surface area contributed by atoms with Gasteiger partial charge in [0.05, 0.1) is 12.2 Å². The van der Waals surface area contributed by atoms with E-state index in [9.17, 15) is 20.0 Å². The van der Waals surface area contributed by atoms with Crippen molar-refractivity contribution in [3.8, 4) is 6.07 Å². The van der Waals surface area contributed by atoms with E-state index in [1.165, 1.54) is 0 Å². The number of fused-ring (bicyclic) bond motifs is 3. The van der Waals surface area contributed by atoms with Crippen LogP contribution in [0.1, 0.15) is 68.7 Å². The van der Waals surface area contributed by atoms with Gasteiger partial charge in [0.25, 0.3) is 0 Å². The Kier molecular flexibility index (Phi) is 7.38. The number of aliphatic hydroxyl groups excluding tert-OH is 1. The Morgan fingerprint density at radius 1 is 1.06 bits per heavy atom. The maximum absolute atomic E-state index is 12.7. The van der Waals surface area contributed by atoms with Gasteiger partial charge in [0.2, 0.25) is 5.96 Å². The summed E-state index contributed by atoms with van der Waals surface area (Å²) < 4.78 is 28.7. The van der Waals surface area contributed by atoms with Crippen molar-refractivity contribution in [2.45, 2.75) is 116 Å². The summed E-state index contributed by atoms with van der Waals surface area (Å²) in [5.41, 5.74) is -3.18. The van der Waals surface area contributed by atoms with E-state index in [2.05, 4.69) is 16.7 Å². The molecule has 12 heteroatoms. The minimum atomic E-state index is -1.52. The zero-order valence-corrected chi connectivity index (χ0v) is 22.4. The largest absolute Gasteiger partial charge is 0.444 e. The Labute approximate surface area is 211 Å². The SMILES string of the molecule is C[C@@H]1C[C@@H]2C(O)O[C@H](C#N)[C@]2(N=C(NC(=O)OC(C)(C)C)NC(=O)OC(C)(C)C)[C@@H]2OC(C)(C)O[C@H]12.